The van der Waals surface area contributed by atoms with E-state index in [2.05, 4.69) is 15.1 Å². The van der Waals surface area contributed by atoms with Gasteiger partial charge in [0, 0.05) is 24.2 Å². The monoisotopic (exact) mass is 204 g/mol. The molecule has 76 valence electrons. The third-order valence-corrected chi connectivity index (χ3v) is 1.78. The maximum atomic E-state index is 10.4. The number of rotatable bonds is 3. The molecular weight excluding hydrogens is 196 g/mol. The summed E-state index contributed by atoms with van der Waals surface area (Å²) in [5.74, 6) is -0.317. The number of aromatic nitrogens is 4. The Morgan fingerprint density at radius 2 is 2.27 bits per heavy atom. The highest BCUT2D eigenvalue weighted by molar-refractivity contribution is 5.69. The summed E-state index contributed by atoms with van der Waals surface area (Å²) in [4.78, 5) is 18.4. The van der Waals surface area contributed by atoms with Crippen LogP contribution in [0.25, 0.3) is 5.82 Å². The minimum atomic E-state index is -0.881. The van der Waals surface area contributed by atoms with Gasteiger partial charge < -0.3 is 5.11 Å². The Bertz CT molecular complexity index is 466. The lowest BCUT2D eigenvalue weighted by Gasteiger charge is -1.96. The fraction of sp³-hybridized carbons (Fsp3) is 0.111. The quantitative estimate of drug-likeness (QED) is 0.777. The highest BCUT2D eigenvalue weighted by Crippen LogP contribution is 2.04. The highest BCUT2D eigenvalue weighted by atomic mass is 16.4. The van der Waals surface area contributed by atoms with Gasteiger partial charge in [-0.1, -0.05) is 0 Å². The lowest BCUT2D eigenvalue weighted by molar-refractivity contribution is -0.136. The summed E-state index contributed by atoms with van der Waals surface area (Å²) in [6.07, 6.45) is 7.75. The smallest absolute Gasteiger partial charge is 0.307 e. The molecular formula is C9H8N4O2. The van der Waals surface area contributed by atoms with Crippen LogP contribution in [0.2, 0.25) is 0 Å². The molecule has 2 rings (SSSR count). The number of hydrogen-bond donors (Lipinski definition) is 1. The number of aliphatic carboxylic acids is 1. The van der Waals surface area contributed by atoms with E-state index in [-0.39, 0.29) is 6.42 Å². The van der Waals surface area contributed by atoms with Crippen LogP contribution in [0.15, 0.2) is 31.0 Å². The van der Waals surface area contributed by atoms with E-state index in [9.17, 15) is 4.79 Å². The standard InChI is InChI=1S/C9H8N4O2/c14-9(15)3-7-4-12-13(6-7)8-5-10-1-2-11-8/h1-2,4-6H,3H2,(H,14,15). The minimum Gasteiger partial charge on any atom is -0.481 e. The van der Waals surface area contributed by atoms with Crippen molar-refractivity contribution in [1.82, 2.24) is 19.7 Å². The molecule has 15 heavy (non-hydrogen) atoms. The van der Waals surface area contributed by atoms with Gasteiger partial charge in [0.05, 0.1) is 18.8 Å². The van der Waals surface area contributed by atoms with E-state index in [1.54, 1.807) is 24.8 Å². The molecule has 0 fully saturated rings. The van der Waals surface area contributed by atoms with Crippen LogP contribution in [0.4, 0.5) is 0 Å². The van der Waals surface area contributed by atoms with Gasteiger partial charge in [-0.2, -0.15) is 5.10 Å². The maximum absolute atomic E-state index is 10.4. The molecule has 0 aromatic carbocycles. The predicted octanol–water partition coefficient (Wildman–Crippen LogP) is 0.289. The van der Waals surface area contributed by atoms with Crippen LogP contribution in [0, 0.1) is 0 Å². The molecule has 6 heteroatoms. The van der Waals surface area contributed by atoms with E-state index in [1.165, 1.54) is 10.9 Å². The van der Waals surface area contributed by atoms with Gasteiger partial charge in [-0.05, 0) is 0 Å². The number of carbonyl (C=O) groups is 1. The zero-order chi connectivity index (χ0) is 10.7. The summed E-state index contributed by atoms with van der Waals surface area (Å²) in [6.45, 7) is 0. The molecule has 6 nitrogen and oxygen atoms in total. The summed E-state index contributed by atoms with van der Waals surface area (Å²) in [5.41, 5.74) is 0.633. The van der Waals surface area contributed by atoms with Crippen molar-refractivity contribution in [1.29, 1.82) is 0 Å². The van der Waals surface area contributed by atoms with E-state index in [1.807, 2.05) is 0 Å². The first kappa shape index (κ1) is 9.32. The van der Waals surface area contributed by atoms with Gasteiger partial charge in [-0.25, -0.2) is 9.67 Å². The molecule has 0 atom stereocenters. The number of carboxylic acid groups (broad SMARTS) is 1. The molecule has 2 heterocycles. The van der Waals surface area contributed by atoms with E-state index in [0.717, 1.165) is 0 Å². The summed E-state index contributed by atoms with van der Waals surface area (Å²) in [6, 6.07) is 0. The van der Waals surface area contributed by atoms with Crippen LogP contribution in [0.3, 0.4) is 0 Å². The van der Waals surface area contributed by atoms with Crippen molar-refractivity contribution in [2.45, 2.75) is 6.42 Å². The first-order chi connectivity index (χ1) is 7.25. The zero-order valence-electron chi connectivity index (χ0n) is 7.74. The average molecular weight is 204 g/mol. The Hall–Kier alpha value is -2.24. The second-order valence-electron chi connectivity index (χ2n) is 2.93. The van der Waals surface area contributed by atoms with Crippen LogP contribution in [0.1, 0.15) is 5.56 Å². The first-order valence-electron chi connectivity index (χ1n) is 4.27. The molecule has 1 N–H and O–H groups in total. The van der Waals surface area contributed by atoms with E-state index >= 15 is 0 Å². The fourth-order valence-corrected chi connectivity index (χ4v) is 1.16. The van der Waals surface area contributed by atoms with Crippen LogP contribution < -0.4 is 0 Å². The molecule has 2 aromatic rings. The second-order valence-corrected chi connectivity index (χ2v) is 2.93. The summed E-state index contributed by atoms with van der Waals surface area (Å²) in [5, 5.41) is 12.6. The van der Waals surface area contributed by atoms with Crippen molar-refractivity contribution in [3.8, 4) is 5.82 Å². The van der Waals surface area contributed by atoms with Crippen molar-refractivity contribution < 1.29 is 9.90 Å². The molecule has 0 bridgehead atoms. The summed E-state index contributed by atoms with van der Waals surface area (Å²) in [7, 11) is 0. The molecule has 0 saturated carbocycles. The molecule has 0 saturated heterocycles. The molecule has 2 aromatic heterocycles. The Labute approximate surface area is 85.2 Å². The van der Waals surface area contributed by atoms with E-state index in [4.69, 9.17) is 5.11 Å². The second kappa shape index (κ2) is 3.87. The Balaban J connectivity index is 2.24. The van der Waals surface area contributed by atoms with E-state index < -0.39 is 5.97 Å². The van der Waals surface area contributed by atoms with Gasteiger partial charge in [-0.3, -0.25) is 9.78 Å². The van der Waals surface area contributed by atoms with Gasteiger partial charge in [0.1, 0.15) is 0 Å². The molecule has 0 aliphatic heterocycles. The van der Waals surface area contributed by atoms with Crippen LogP contribution in [0.5, 0.6) is 0 Å². The Morgan fingerprint density at radius 1 is 1.40 bits per heavy atom. The largest absolute Gasteiger partial charge is 0.481 e. The van der Waals surface area contributed by atoms with Gasteiger partial charge in [0.2, 0.25) is 0 Å². The predicted molar refractivity (Wildman–Crippen MR) is 50.5 cm³/mol. The molecule has 0 unspecified atom stereocenters. The third kappa shape index (κ3) is 2.16. The van der Waals surface area contributed by atoms with Gasteiger partial charge in [0.25, 0.3) is 0 Å². The normalized spacial score (nSPS) is 10.1. The highest BCUT2D eigenvalue weighted by Gasteiger charge is 2.05. The molecule has 0 aliphatic rings. The Kier molecular flexibility index (Phi) is 2.40. The molecule has 0 amide bonds. The first-order valence-corrected chi connectivity index (χ1v) is 4.27. The van der Waals surface area contributed by atoms with Crippen LogP contribution in [-0.4, -0.2) is 30.8 Å². The SMILES string of the molecule is O=C(O)Cc1cnn(-c2cnccn2)c1. The van der Waals surface area contributed by atoms with Crippen molar-refractivity contribution in [3.05, 3.63) is 36.5 Å². The zero-order valence-corrected chi connectivity index (χ0v) is 7.74. The van der Waals surface area contributed by atoms with Gasteiger partial charge in [-0.15, -0.1) is 0 Å². The average Bonchev–Trinajstić information content (AvgIpc) is 2.67. The van der Waals surface area contributed by atoms with Crippen molar-refractivity contribution in [2.24, 2.45) is 0 Å². The molecule has 0 aliphatic carbocycles. The van der Waals surface area contributed by atoms with Crippen LogP contribution in [-0.2, 0) is 11.2 Å². The van der Waals surface area contributed by atoms with Gasteiger partial charge in [0.15, 0.2) is 5.82 Å². The topological polar surface area (TPSA) is 80.9 Å². The summed E-state index contributed by atoms with van der Waals surface area (Å²) >= 11 is 0. The van der Waals surface area contributed by atoms with Crippen LogP contribution >= 0.6 is 0 Å². The van der Waals surface area contributed by atoms with Crippen molar-refractivity contribution in [2.75, 3.05) is 0 Å². The maximum Gasteiger partial charge on any atom is 0.307 e. The molecule has 0 radical (unpaired) electrons. The van der Waals surface area contributed by atoms with Crippen molar-refractivity contribution in [3.63, 3.8) is 0 Å². The molecule has 0 spiro atoms. The number of hydrogen-bond acceptors (Lipinski definition) is 4. The number of nitrogens with zero attached hydrogens (tertiary/aromatic N) is 4. The van der Waals surface area contributed by atoms with E-state index in [0.29, 0.717) is 11.4 Å². The fourth-order valence-electron chi connectivity index (χ4n) is 1.16. The third-order valence-electron chi connectivity index (χ3n) is 1.78. The number of carboxylic acids is 1. The lowest BCUT2D eigenvalue weighted by Crippen LogP contribution is -1.99. The van der Waals surface area contributed by atoms with Crippen molar-refractivity contribution >= 4 is 5.97 Å². The van der Waals surface area contributed by atoms with Gasteiger partial charge >= 0.3 is 5.97 Å². The minimum absolute atomic E-state index is 0.0414. The lowest BCUT2D eigenvalue weighted by atomic mass is 10.3. The Morgan fingerprint density at radius 3 is 2.93 bits per heavy atom. The summed E-state index contributed by atoms with van der Waals surface area (Å²) < 4.78 is 1.49.